The zero-order valence-electron chi connectivity index (χ0n) is 9.78. The number of nitrogens with zero attached hydrogens (tertiary/aromatic N) is 1. The number of anilines is 1. The molecule has 1 heterocycles. The Kier molecular flexibility index (Phi) is 3.41. The van der Waals surface area contributed by atoms with Gasteiger partial charge in [0.1, 0.15) is 0 Å². The Morgan fingerprint density at radius 1 is 1.22 bits per heavy atom. The first-order valence-electron chi connectivity index (χ1n) is 5.41. The number of halogens is 2. The van der Waals surface area contributed by atoms with Crippen LogP contribution in [0.15, 0.2) is 41.3 Å². The van der Waals surface area contributed by atoms with Crippen molar-refractivity contribution < 1.29 is 8.78 Å². The van der Waals surface area contributed by atoms with E-state index in [1.807, 2.05) is 0 Å². The molecule has 0 spiro atoms. The highest BCUT2D eigenvalue weighted by Crippen LogP contribution is 2.13. The second-order valence-corrected chi connectivity index (χ2v) is 3.93. The summed E-state index contributed by atoms with van der Waals surface area (Å²) in [4.78, 5) is 11.2. The maximum absolute atomic E-state index is 13.4. The van der Waals surface area contributed by atoms with Gasteiger partial charge >= 0.3 is 0 Å². The molecule has 0 aliphatic carbocycles. The van der Waals surface area contributed by atoms with E-state index in [9.17, 15) is 13.6 Å². The molecule has 2 rings (SSSR count). The molecular weight excluding hydrogens is 238 g/mol. The molecule has 1 aromatic carbocycles. The van der Waals surface area contributed by atoms with Gasteiger partial charge in [-0.3, -0.25) is 4.79 Å². The average molecular weight is 250 g/mol. The molecule has 1 N–H and O–H groups in total. The minimum atomic E-state index is -0.866. The van der Waals surface area contributed by atoms with Crippen LogP contribution in [-0.2, 0) is 13.6 Å². The van der Waals surface area contributed by atoms with Crippen LogP contribution in [0.25, 0.3) is 0 Å². The average Bonchev–Trinajstić information content (AvgIpc) is 2.35. The maximum Gasteiger partial charge on any atom is 0.250 e. The second-order valence-electron chi connectivity index (χ2n) is 3.93. The molecule has 94 valence electrons. The van der Waals surface area contributed by atoms with Gasteiger partial charge < -0.3 is 9.88 Å². The van der Waals surface area contributed by atoms with Crippen molar-refractivity contribution in [3.8, 4) is 0 Å². The third-order valence-electron chi connectivity index (χ3n) is 2.60. The van der Waals surface area contributed by atoms with Crippen LogP contribution >= 0.6 is 0 Å². The quantitative estimate of drug-likeness (QED) is 0.906. The first-order chi connectivity index (χ1) is 8.58. The molecule has 0 aliphatic rings. The summed E-state index contributed by atoms with van der Waals surface area (Å²) in [5.74, 6) is -1.72. The lowest BCUT2D eigenvalue weighted by atomic mass is 10.2. The smallest absolute Gasteiger partial charge is 0.250 e. The van der Waals surface area contributed by atoms with Gasteiger partial charge in [0.25, 0.3) is 0 Å². The highest BCUT2D eigenvalue weighted by molar-refractivity contribution is 5.41. The highest BCUT2D eigenvalue weighted by Gasteiger charge is 2.06. The van der Waals surface area contributed by atoms with Gasteiger partial charge in [0.15, 0.2) is 11.6 Å². The van der Waals surface area contributed by atoms with Crippen LogP contribution < -0.4 is 10.9 Å². The predicted octanol–water partition coefficient (Wildman–Crippen LogP) is 2.28. The Labute approximate surface area is 103 Å². The van der Waals surface area contributed by atoms with E-state index in [0.29, 0.717) is 5.69 Å². The molecule has 18 heavy (non-hydrogen) atoms. The summed E-state index contributed by atoms with van der Waals surface area (Å²) in [6.45, 7) is 0.155. The Bertz CT molecular complexity index is 623. The lowest BCUT2D eigenvalue weighted by molar-refractivity contribution is 0.500. The van der Waals surface area contributed by atoms with Crippen molar-refractivity contribution in [3.63, 3.8) is 0 Å². The van der Waals surface area contributed by atoms with Crippen LogP contribution in [0.5, 0.6) is 0 Å². The molecule has 0 saturated carbocycles. The van der Waals surface area contributed by atoms with Crippen molar-refractivity contribution in [2.75, 3.05) is 5.32 Å². The van der Waals surface area contributed by atoms with Crippen molar-refractivity contribution in [1.29, 1.82) is 0 Å². The molecule has 3 nitrogen and oxygen atoms in total. The van der Waals surface area contributed by atoms with Crippen LogP contribution in [0.2, 0.25) is 0 Å². The SMILES string of the molecule is Cn1cc(NCc2cccc(F)c2F)ccc1=O. The predicted molar refractivity (Wildman–Crippen MR) is 65.4 cm³/mol. The van der Waals surface area contributed by atoms with Crippen LogP contribution in [0.1, 0.15) is 5.56 Å². The van der Waals surface area contributed by atoms with Crippen molar-refractivity contribution in [2.45, 2.75) is 6.54 Å². The number of pyridine rings is 1. The highest BCUT2D eigenvalue weighted by atomic mass is 19.2. The normalized spacial score (nSPS) is 10.4. The molecule has 0 fully saturated rings. The first kappa shape index (κ1) is 12.3. The van der Waals surface area contributed by atoms with E-state index >= 15 is 0 Å². The second kappa shape index (κ2) is 5.00. The Hall–Kier alpha value is -2.17. The Morgan fingerprint density at radius 3 is 2.72 bits per heavy atom. The van der Waals surface area contributed by atoms with Gasteiger partial charge in [-0.15, -0.1) is 0 Å². The molecule has 0 unspecified atom stereocenters. The summed E-state index contributed by atoms with van der Waals surface area (Å²) >= 11 is 0. The minimum Gasteiger partial charge on any atom is -0.380 e. The van der Waals surface area contributed by atoms with E-state index in [1.165, 1.54) is 22.8 Å². The summed E-state index contributed by atoms with van der Waals surface area (Å²) in [6, 6.07) is 7.04. The monoisotopic (exact) mass is 250 g/mol. The number of hydrogen-bond acceptors (Lipinski definition) is 2. The summed E-state index contributed by atoms with van der Waals surface area (Å²) in [5.41, 5.74) is 0.780. The lowest BCUT2D eigenvalue weighted by Crippen LogP contribution is -2.15. The molecular formula is C13H12F2N2O. The fraction of sp³-hybridized carbons (Fsp3) is 0.154. The largest absolute Gasteiger partial charge is 0.380 e. The van der Waals surface area contributed by atoms with E-state index in [2.05, 4.69) is 5.32 Å². The molecule has 0 atom stereocenters. The summed E-state index contributed by atoms with van der Waals surface area (Å²) in [5, 5.41) is 2.93. The standard InChI is InChI=1S/C13H12F2N2O/c1-17-8-10(5-6-12(17)18)16-7-9-3-2-4-11(14)13(9)15/h2-6,8,16H,7H2,1H3. The first-order valence-corrected chi connectivity index (χ1v) is 5.41. The third-order valence-corrected chi connectivity index (χ3v) is 2.60. The molecule has 1 aromatic heterocycles. The zero-order chi connectivity index (χ0) is 13.1. The number of aromatic nitrogens is 1. The molecule has 0 saturated heterocycles. The molecule has 0 aliphatic heterocycles. The van der Waals surface area contributed by atoms with E-state index in [4.69, 9.17) is 0 Å². The van der Waals surface area contributed by atoms with Gasteiger partial charge in [-0.1, -0.05) is 12.1 Å². The number of benzene rings is 1. The van der Waals surface area contributed by atoms with Gasteiger partial charge in [0.2, 0.25) is 5.56 Å². The topological polar surface area (TPSA) is 34.0 Å². The van der Waals surface area contributed by atoms with Crippen molar-refractivity contribution in [3.05, 3.63) is 64.1 Å². The van der Waals surface area contributed by atoms with Crippen LogP contribution in [0.3, 0.4) is 0 Å². The fourth-order valence-electron chi connectivity index (χ4n) is 1.58. The summed E-state index contributed by atoms with van der Waals surface area (Å²) in [6.07, 6.45) is 1.60. The van der Waals surface area contributed by atoms with E-state index in [1.54, 1.807) is 19.3 Å². The molecule has 0 bridgehead atoms. The number of nitrogens with one attached hydrogen (secondary N) is 1. The number of hydrogen-bond donors (Lipinski definition) is 1. The van der Waals surface area contributed by atoms with E-state index in [-0.39, 0.29) is 17.7 Å². The van der Waals surface area contributed by atoms with Crippen LogP contribution in [-0.4, -0.2) is 4.57 Å². The summed E-state index contributed by atoms with van der Waals surface area (Å²) in [7, 11) is 1.62. The fourth-order valence-corrected chi connectivity index (χ4v) is 1.58. The molecule has 5 heteroatoms. The number of rotatable bonds is 3. The third kappa shape index (κ3) is 2.56. The molecule has 0 radical (unpaired) electrons. The van der Waals surface area contributed by atoms with Gasteiger partial charge in [-0.2, -0.15) is 0 Å². The van der Waals surface area contributed by atoms with Crippen molar-refractivity contribution >= 4 is 5.69 Å². The lowest BCUT2D eigenvalue weighted by Gasteiger charge is -2.08. The van der Waals surface area contributed by atoms with Gasteiger partial charge in [0.05, 0.1) is 5.69 Å². The van der Waals surface area contributed by atoms with Gasteiger partial charge in [-0.05, 0) is 12.1 Å². The van der Waals surface area contributed by atoms with Crippen LogP contribution in [0.4, 0.5) is 14.5 Å². The summed E-state index contributed by atoms with van der Waals surface area (Å²) < 4.78 is 27.8. The molecule has 0 amide bonds. The zero-order valence-corrected chi connectivity index (χ0v) is 9.78. The van der Waals surface area contributed by atoms with E-state index < -0.39 is 11.6 Å². The van der Waals surface area contributed by atoms with Crippen LogP contribution in [0, 0.1) is 11.6 Å². The number of aryl methyl sites for hydroxylation is 1. The molecule has 2 aromatic rings. The maximum atomic E-state index is 13.4. The Morgan fingerprint density at radius 2 is 2.00 bits per heavy atom. The van der Waals surface area contributed by atoms with Crippen molar-refractivity contribution in [2.24, 2.45) is 7.05 Å². The van der Waals surface area contributed by atoms with Gasteiger partial charge in [0, 0.05) is 31.4 Å². The van der Waals surface area contributed by atoms with Gasteiger partial charge in [-0.25, -0.2) is 8.78 Å². The minimum absolute atomic E-state index is 0.127. The van der Waals surface area contributed by atoms with Crippen molar-refractivity contribution in [1.82, 2.24) is 4.57 Å². The Balaban J connectivity index is 2.14. The van der Waals surface area contributed by atoms with E-state index in [0.717, 1.165) is 6.07 Å².